The van der Waals surface area contributed by atoms with E-state index in [2.05, 4.69) is 0 Å². The molecule has 0 spiro atoms. The number of hydrogen-bond donors (Lipinski definition) is 1. The van der Waals surface area contributed by atoms with Gasteiger partial charge in [-0.15, -0.1) is 0 Å². The van der Waals surface area contributed by atoms with Crippen LogP contribution >= 0.6 is 0 Å². The normalized spacial score (nSPS) is 16.0. The van der Waals surface area contributed by atoms with Gasteiger partial charge in [-0.25, -0.2) is 0 Å². The molecule has 0 bridgehead atoms. The highest BCUT2D eigenvalue weighted by atomic mass is 16.5. The lowest BCUT2D eigenvalue weighted by Crippen LogP contribution is -1.94. The van der Waals surface area contributed by atoms with Gasteiger partial charge in [0.05, 0.1) is 6.61 Å². The van der Waals surface area contributed by atoms with E-state index < -0.39 is 0 Å². The molecule has 0 aliphatic carbocycles. The van der Waals surface area contributed by atoms with Crippen molar-refractivity contribution in [2.45, 2.75) is 19.3 Å². The van der Waals surface area contributed by atoms with E-state index in [-0.39, 0.29) is 5.75 Å². The van der Waals surface area contributed by atoms with Gasteiger partial charge < -0.3 is 9.84 Å². The first-order chi connectivity index (χ1) is 5.88. The molecule has 2 heteroatoms. The standard InChI is InChI=1S/C10H12O2/c11-9-6-3-5-8-4-1-2-7-12-10(8)9/h3,5-6,11H,1-2,4,7H2. The van der Waals surface area contributed by atoms with Gasteiger partial charge in [0.25, 0.3) is 0 Å². The SMILES string of the molecule is Oc1cccc2c1OCCCC2. The smallest absolute Gasteiger partial charge is 0.164 e. The topological polar surface area (TPSA) is 29.5 Å². The molecule has 1 aromatic rings. The maximum atomic E-state index is 9.46. The van der Waals surface area contributed by atoms with Gasteiger partial charge in [-0.1, -0.05) is 12.1 Å². The van der Waals surface area contributed by atoms with Crippen molar-refractivity contribution < 1.29 is 9.84 Å². The summed E-state index contributed by atoms with van der Waals surface area (Å²) in [6.45, 7) is 0.727. The molecule has 2 rings (SSSR count). The minimum atomic E-state index is 0.273. The predicted octanol–water partition coefficient (Wildman–Crippen LogP) is 2.11. The Morgan fingerprint density at radius 1 is 1.25 bits per heavy atom. The third kappa shape index (κ3) is 1.24. The van der Waals surface area contributed by atoms with Gasteiger partial charge in [0.15, 0.2) is 11.5 Å². The van der Waals surface area contributed by atoms with Crippen LogP contribution < -0.4 is 4.74 Å². The van der Waals surface area contributed by atoms with E-state index in [1.54, 1.807) is 6.07 Å². The Morgan fingerprint density at radius 3 is 3.08 bits per heavy atom. The van der Waals surface area contributed by atoms with Crippen LogP contribution in [0.15, 0.2) is 18.2 Å². The number of aromatic hydroxyl groups is 1. The maximum Gasteiger partial charge on any atom is 0.164 e. The number of para-hydroxylation sites is 1. The fourth-order valence-electron chi connectivity index (χ4n) is 1.53. The number of hydrogen-bond acceptors (Lipinski definition) is 2. The number of phenolic OH excluding ortho intramolecular Hbond substituents is 1. The molecule has 1 aliphatic heterocycles. The number of rotatable bonds is 0. The van der Waals surface area contributed by atoms with Gasteiger partial charge in [-0.2, -0.15) is 0 Å². The summed E-state index contributed by atoms with van der Waals surface area (Å²) in [7, 11) is 0. The van der Waals surface area contributed by atoms with E-state index in [4.69, 9.17) is 4.74 Å². The van der Waals surface area contributed by atoms with Crippen LogP contribution in [0.1, 0.15) is 18.4 Å². The predicted molar refractivity (Wildman–Crippen MR) is 46.5 cm³/mol. The molecule has 0 atom stereocenters. The summed E-state index contributed by atoms with van der Waals surface area (Å²) >= 11 is 0. The highest BCUT2D eigenvalue weighted by Gasteiger charge is 2.11. The number of ether oxygens (including phenoxy) is 1. The summed E-state index contributed by atoms with van der Waals surface area (Å²) in [5.74, 6) is 0.962. The van der Waals surface area contributed by atoms with Crippen molar-refractivity contribution >= 4 is 0 Å². The summed E-state index contributed by atoms with van der Waals surface area (Å²) in [6.07, 6.45) is 3.24. The van der Waals surface area contributed by atoms with E-state index in [1.807, 2.05) is 12.1 Å². The number of phenols is 1. The summed E-state index contributed by atoms with van der Waals surface area (Å²) in [5.41, 5.74) is 1.13. The van der Waals surface area contributed by atoms with E-state index in [0.717, 1.165) is 31.4 Å². The molecule has 1 N–H and O–H groups in total. The molecule has 1 heterocycles. The van der Waals surface area contributed by atoms with Gasteiger partial charge in [0.1, 0.15) is 0 Å². The summed E-state index contributed by atoms with van der Waals surface area (Å²) in [6, 6.07) is 5.55. The second-order valence-corrected chi connectivity index (χ2v) is 3.07. The van der Waals surface area contributed by atoms with Crippen molar-refractivity contribution in [2.24, 2.45) is 0 Å². The highest BCUT2D eigenvalue weighted by molar-refractivity contribution is 5.45. The minimum Gasteiger partial charge on any atom is -0.504 e. The molecule has 1 aliphatic rings. The monoisotopic (exact) mass is 164 g/mol. The van der Waals surface area contributed by atoms with Crippen LogP contribution in [-0.2, 0) is 6.42 Å². The Morgan fingerprint density at radius 2 is 2.17 bits per heavy atom. The van der Waals surface area contributed by atoms with Crippen molar-refractivity contribution in [1.29, 1.82) is 0 Å². The van der Waals surface area contributed by atoms with Crippen molar-refractivity contribution in [1.82, 2.24) is 0 Å². The van der Waals surface area contributed by atoms with E-state index in [9.17, 15) is 5.11 Å². The Hall–Kier alpha value is -1.18. The van der Waals surface area contributed by atoms with Crippen molar-refractivity contribution in [3.05, 3.63) is 23.8 Å². The number of benzene rings is 1. The molecular formula is C10H12O2. The molecule has 12 heavy (non-hydrogen) atoms. The van der Waals surface area contributed by atoms with E-state index in [1.165, 1.54) is 0 Å². The van der Waals surface area contributed by atoms with Crippen molar-refractivity contribution in [3.8, 4) is 11.5 Å². The molecule has 64 valence electrons. The highest BCUT2D eigenvalue weighted by Crippen LogP contribution is 2.32. The first-order valence-corrected chi connectivity index (χ1v) is 4.31. The maximum absolute atomic E-state index is 9.46. The zero-order chi connectivity index (χ0) is 8.39. The van der Waals surface area contributed by atoms with E-state index in [0.29, 0.717) is 5.75 Å². The Kier molecular flexibility index (Phi) is 1.90. The second-order valence-electron chi connectivity index (χ2n) is 3.07. The Labute approximate surface area is 71.8 Å². The zero-order valence-corrected chi connectivity index (χ0v) is 6.92. The van der Waals surface area contributed by atoms with Gasteiger partial charge in [0, 0.05) is 0 Å². The first-order valence-electron chi connectivity index (χ1n) is 4.31. The van der Waals surface area contributed by atoms with Gasteiger partial charge in [-0.3, -0.25) is 0 Å². The number of fused-ring (bicyclic) bond motifs is 1. The molecule has 0 radical (unpaired) electrons. The summed E-state index contributed by atoms with van der Waals surface area (Å²) < 4.78 is 5.43. The van der Waals surface area contributed by atoms with Gasteiger partial charge >= 0.3 is 0 Å². The fourth-order valence-corrected chi connectivity index (χ4v) is 1.53. The van der Waals surface area contributed by atoms with Gasteiger partial charge in [0.2, 0.25) is 0 Å². The third-order valence-corrected chi connectivity index (χ3v) is 2.16. The molecule has 1 aromatic carbocycles. The minimum absolute atomic E-state index is 0.273. The molecule has 0 unspecified atom stereocenters. The Balaban J connectivity index is 2.42. The average Bonchev–Trinajstić information content (AvgIpc) is 2.30. The van der Waals surface area contributed by atoms with Crippen LogP contribution in [0, 0.1) is 0 Å². The Bertz CT molecular complexity index is 281. The molecule has 0 amide bonds. The lowest BCUT2D eigenvalue weighted by Gasteiger charge is -2.07. The lowest BCUT2D eigenvalue weighted by atomic mass is 10.1. The fraction of sp³-hybridized carbons (Fsp3) is 0.400. The second kappa shape index (κ2) is 3.05. The largest absolute Gasteiger partial charge is 0.504 e. The third-order valence-electron chi connectivity index (χ3n) is 2.16. The van der Waals surface area contributed by atoms with Gasteiger partial charge in [-0.05, 0) is 30.9 Å². The van der Waals surface area contributed by atoms with Crippen LogP contribution in [0.25, 0.3) is 0 Å². The van der Waals surface area contributed by atoms with Crippen LogP contribution in [0.3, 0.4) is 0 Å². The van der Waals surface area contributed by atoms with E-state index >= 15 is 0 Å². The van der Waals surface area contributed by atoms with Crippen LogP contribution in [0.2, 0.25) is 0 Å². The van der Waals surface area contributed by atoms with Crippen LogP contribution in [0.4, 0.5) is 0 Å². The molecule has 0 saturated carbocycles. The molecular weight excluding hydrogens is 152 g/mol. The van der Waals surface area contributed by atoms with Crippen molar-refractivity contribution in [3.63, 3.8) is 0 Å². The summed E-state index contributed by atoms with van der Waals surface area (Å²) in [5, 5.41) is 9.46. The average molecular weight is 164 g/mol. The summed E-state index contributed by atoms with van der Waals surface area (Å²) in [4.78, 5) is 0. The zero-order valence-electron chi connectivity index (χ0n) is 6.92. The lowest BCUT2D eigenvalue weighted by molar-refractivity contribution is 0.299. The quantitative estimate of drug-likeness (QED) is 0.636. The van der Waals surface area contributed by atoms with Crippen LogP contribution in [0.5, 0.6) is 11.5 Å². The molecule has 0 saturated heterocycles. The first kappa shape index (κ1) is 7.47. The molecule has 0 fully saturated rings. The molecule has 2 nitrogen and oxygen atoms in total. The number of aryl methyl sites for hydroxylation is 1. The van der Waals surface area contributed by atoms with Crippen LogP contribution in [-0.4, -0.2) is 11.7 Å². The van der Waals surface area contributed by atoms with Crippen molar-refractivity contribution in [2.75, 3.05) is 6.61 Å². The molecule has 0 aromatic heterocycles.